The van der Waals surface area contributed by atoms with Crippen LogP contribution in [0.3, 0.4) is 0 Å². The zero-order valence-electron chi connectivity index (χ0n) is 9.77. The molecule has 1 aliphatic heterocycles. The lowest BCUT2D eigenvalue weighted by Crippen LogP contribution is -2.27. The molecule has 1 saturated heterocycles. The Morgan fingerprint density at radius 2 is 1.69 bits per heavy atom. The molecule has 16 heavy (non-hydrogen) atoms. The van der Waals surface area contributed by atoms with Crippen LogP contribution < -0.4 is 0 Å². The number of hydrogen-bond donors (Lipinski definition) is 0. The van der Waals surface area contributed by atoms with Gasteiger partial charge in [-0.3, -0.25) is 0 Å². The van der Waals surface area contributed by atoms with Crippen LogP contribution in [0.5, 0.6) is 0 Å². The molecule has 1 saturated carbocycles. The predicted octanol–water partition coefficient (Wildman–Crippen LogP) is 4.81. The summed E-state index contributed by atoms with van der Waals surface area (Å²) in [4.78, 5) is 0. The highest BCUT2D eigenvalue weighted by molar-refractivity contribution is 8.00. The average molecular weight is 232 g/mol. The van der Waals surface area contributed by atoms with Crippen molar-refractivity contribution < 1.29 is 0 Å². The first-order chi connectivity index (χ1) is 7.93. The molecule has 0 unspecified atom stereocenters. The average Bonchev–Trinajstić information content (AvgIpc) is 2.39. The van der Waals surface area contributed by atoms with Crippen LogP contribution in [0.4, 0.5) is 0 Å². The second kappa shape index (κ2) is 4.83. The second-order valence-corrected chi connectivity index (χ2v) is 6.64. The zero-order valence-corrected chi connectivity index (χ0v) is 10.6. The van der Waals surface area contributed by atoms with Gasteiger partial charge in [0, 0.05) is 10.5 Å². The fourth-order valence-electron chi connectivity index (χ4n) is 3.24. The first kappa shape index (κ1) is 10.7. The van der Waals surface area contributed by atoms with Crippen LogP contribution in [0, 0.1) is 5.92 Å². The van der Waals surface area contributed by atoms with Crippen LogP contribution in [0.15, 0.2) is 30.3 Å². The van der Waals surface area contributed by atoms with Gasteiger partial charge in [-0.15, -0.1) is 0 Å². The third-order valence-electron chi connectivity index (χ3n) is 4.15. The van der Waals surface area contributed by atoms with Gasteiger partial charge in [0.15, 0.2) is 0 Å². The maximum absolute atomic E-state index is 2.31. The Balaban J connectivity index is 1.71. The van der Waals surface area contributed by atoms with Crippen molar-refractivity contribution in [2.45, 2.75) is 49.0 Å². The SMILES string of the molecule is c1ccc([C@@H]2CC[C@@H]3CCCC[C@H]3S2)cc1. The third kappa shape index (κ3) is 2.15. The first-order valence-corrected chi connectivity index (χ1v) is 7.58. The smallest absolute Gasteiger partial charge is 0.0300 e. The molecule has 0 spiro atoms. The predicted molar refractivity (Wildman–Crippen MR) is 71.8 cm³/mol. The van der Waals surface area contributed by atoms with Crippen molar-refractivity contribution >= 4 is 11.8 Å². The minimum atomic E-state index is 0.778. The van der Waals surface area contributed by atoms with Gasteiger partial charge in [-0.1, -0.05) is 43.2 Å². The maximum Gasteiger partial charge on any atom is 0.0300 e. The minimum absolute atomic E-state index is 0.778. The lowest BCUT2D eigenvalue weighted by molar-refractivity contribution is 0.330. The van der Waals surface area contributed by atoms with E-state index in [4.69, 9.17) is 0 Å². The molecule has 2 fully saturated rings. The topological polar surface area (TPSA) is 0 Å². The highest BCUT2D eigenvalue weighted by Crippen LogP contribution is 2.49. The zero-order chi connectivity index (χ0) is 10.8. The normalized spacial score (nSPS) is 34.4. The summed E-state index contributed by atoms with van der Waals surface area (Å²) in [5.74, 6) is 1.04. The molecular formula is C15H20S. The standard InChI is InChI=1S/C15H20S/c1-2-6-12(7-3-1)15-11-10-13-8-4-5-9-14(13)16-15/h1-3,6-7,13-15H,4-5,8-11H2/t13-,14+,15-/m0/s1. The Labute approximate surface area is 103 Å². The summed E-state index contributed by atoms with van der Waals surface area (Å²) < 4.78 is 0. The summed E-state index contributed by atoms with van der Waals surface area (Å²) in [6.45, 7) is 0. The molecule has 1 aliphatic carbocycles. The van der Waals surface area contributed by atoms with Crippen molar-refractivity contribution in [3.8, 4) is 0 Å². The van der Waals surface area contributed by atoms with E-state index in [0.29, 0.717) is 0 Å². The molecule has 3 rings (SSSR count). The van der Waals surface area contributed by atoms with E-state index < -0.39 is 0 Å². The molecule has 86 valence electrons. The van der Waals surface area contributed by atoms with Crippen molar-refractivity contribution in [3.63, 3.8) is 0 Å². The molecular weight excluding hydrogens is 212 g/mol. The monoisotopic (exact) mass is 232 g/mol. The van der Waals surface area contributed by atoms with Crippen LogP contribution in [0.2, 0.25) is 0 Å². The quantitative estimate of drug-likeness (QED) is 0.669. The molecule has 0 amide bonds. The molecule has 1 aromatic rings. The van der Waals surface area contributed by atoms with Gasteiger partial charge in [0.2, 0.25) is 0 Å². The van der Waals surface area contributed by atoms with Gasteiger partial charge in [0.1, 0.15) is 0 Å². The van der Waals surface area contributed by atoms with Crippen molar-refractivity contribution in [1.82, 2.24) is 0 Å². The van der Waals surface area contributed by atoms with Crippen LogP contribution in [-0.2, 0) is 0 Å². The Hall–Kier alpha value is -0.430. The summed E-state index contributed by atoms with van der Waals surface area (Å²) in [7, 11) is 0. The summed E-state index contributed by atoms with van der Waals surface area (Å²) in [5, 5.41) is 1.74. The molecule has 0 radical (unpaired) electrons. The Kier molecular flexibility index (Phi) is 3.23. The van der Waals surface area contributed by atoms with Crippen molar-refractivity contribution in [2.24, 2.45) is 5.92 Å². The molecule has 1 heterocycles. The molecule has 0 nitrogen and oxygen atoms in total. The fourth-order valence-corrected chi connectivity index (χ4v) is 5.05. The summed E-state index contributed by atoms with van der Waals surface area (Å²) in [6.07, 6.45) is 8.79. The van der Waals surface area contributed by atoms with Crippen molar-refractivity contribution in [1.29, 1.82) is 0 Å². The number of thioether (sulfide) groups is 1. The van der Waals surface area contributed by atoms with Crippen LogP contribution in [0.1, 0.15) is 49.3 Å². The maximum atomic E-state index is 2.31. The molecule has 0 bridgehead atoms. The van der Waals surface area contributed by atoms with Crippen molar-refractivity contribution in [2.75, 3.05) is 0 Å². The fraction of sp³-hybridized carbons (Fsp3) is 0.600. The molecule has 0 N–H and O–H groups in total. The van der Waals surface area contributed by atoms with E-state index in [-0.39, 0.29) is 0 Å². The van der Waals surface area contributed by atoms with E-state index in [1.54, 1.807) is 5.56 Å². The Morgan fingerprint density at radius 1 is 0.875 bits per heavy atom. The van der Waals surface area contributed by atoms with Crippen LogP contribution >= 0.6 is 11.8 Å². The number of benzene rings is 1. The van der Waals surface area contributed by atoms with Gasteiger partial charge in [0.05, 0.1) is 0 Å². The molecule has 0 aromatic heterocycles. The van der Waals surface area contributed by atoms with Gasteiger partial charge in [-0.25, -0.2) is 0 Å². The van der Waals surface area contributed by atoms with Gasteiger partial charge in [-0.2, -0.15) is 11.8 Å². The minimum Gasteiger partial charge on any atom is -0.150 e. The largest absolute Gasteiger partial charge is 0.150 e. The number of rotatable bonds is 1. The van der Waals surface area contributed by atoms with Gasteiger partial charge >= 0.3 is 0 Å². The highest BCUT2D eigenvalue weighted by Gasteiger charge is 2.33. The van der Waals surface area contributed by atoms with Crippen LogP contribution in [-0.4, -0.2) is 5.25 Å². The van der Waals surface area contributed by atoms with Crippen LogP contribution in [0.25, 0.3) is 0 Å². The third-order valence-corrected chi connectivity index (χ3v) is 5.96. The van der Waals surface area contributed by atoms with E-state index >= 15 is 0 Å². The Morgan fingerprint density at radius 3 is 2.56 bits per heavy atom. The lowest BCUT2D eigenvalue weighted by atomic mass is 9.84. The van der Waals surface area contributed by atoms with Gasteiger partial charge in [-0.05, 0) is 37.2 Å². The summed E-state index contributed by atoms with van der Waals surface area (Å²) in [6, 6.07) is 11.1. The first-order valence-electron chi connectivity index (χ1n) is 6.64. The summed E-state index contributed by atoms with van der Waals surface area (Å²) >= 11 is 2.27. The highest BCUT2D eigenvalue weighted by atomic mass is 32.2. The summed E-state index contributed by atoms with van der Waals surface area (Å²) in [5.41, 5.74) is 1.55. The van der Waals surface area contributed by atoms with E-state index in [1.165, 1.54) is 38.5 Å². The molecule has 2 aliphatic rings. The molecule has 3 atom stereocenters. The van der Waals surface area contributed by atoms with Gasteiger partial charge < -0.3 is 0 Å². The Bertz CT molecular complexity index is 333. The number of hydrogen-bond acceptors (Lipinski definition) is 1. The van der Waals surface area contributed by atoms with E-state index in [1.807, 2.05) is 0 Å². The molecule has 1 heteroatoms. The second-order valence-electron chi connectivity index (χ2n) is 5.20. The van der Waals surface area contributed by atoms with E-state index in [9.17, 15) is 0 Å². The lowest BCUT2D eigenvalue weighted by Gasteiger charge is -2.39. The van der Waals surface area contributed by atoms with E-state index in [2.05, 4.69) is 42.1 Å². The van der Waals surface area contributed by atoms with Crippen molar-refractivity contribution in [3.05, 3.63) is 35.9 Å². The van der Waals surface area contributed by atoms with Gasteiger partial charge in [0.25, 0.3) is 0 Å². The number of fused-ring (bicyclic) bond motifs is 1. The van der Waals surface area contributed by atoms with E-state index in [0.717, 1.165) is 16.4 Å². The molecule has 1 aromatic carbocycles.